The lowest BCUT2D eigenvalue weighted by Crippen LogP contribution is -2.46. The quantitative estimate of drug-likeness (QED) is 0.764. The van der Waals surface area contributed by atoms with E-state index in [9.17, 15) is 19.2 Å². The van der Waals surface area contributed by atoms with Crippen LogP contribution in [0.5, 0.6) is 0 Å². The van der Waals surface area contributed by atoms with Crippen molar-refractivity contribution in [2.75, 3.05) is 13.1 Å². The van der Waals surface area contributed by atoms with Gasteiger partial charge in [-0.05, 0) is 57.0 Å². The van der Waals surface area contributed by atoms with Crippen molar-refractivity contribution in [2.24, 2.45) is 0 Å². The lowest BCUT2D eigenvalue weighted by Gasteiger charge is -2.32. The number of carbonyl (C=O) groups is 4. The van der Waals surface area contributed by atoms with Crippen LogP contribution < -0.4 is 5.32 Å². The summed E-state index contributed by atoms with van der Waals surface area (Å²) in [5.74, 6) is -1.00. The van der Waals surface area contributed by atoms with Crippen molar-refractivity contribution in [1.82, 2.24) is 20.1 Å². The number of carbonyl (C=O) groups excluding carboxylic acids is 4. The number of aromatic nitrogens is 1. The maximum Gasteiger partial charge on any atom is 0.261 e. The van der Waals surface area contributed by atoms with Crippen molar-refractivity contribution >= 4 is 23.6 Å². The topological polar surface area (TPSA) is 99.7 Å². The van der Waals surface area contributed by atoms with Gasteiger partial charge in [0.1, 0.15) is 0 Å². The number of benzene rings is 1. The third kappa shape index (κ3) is 3.93. The fourth-order valence-corrected chi connectivity index (χ4v) is 4.04. The molecule has 2 aliphatic heterocycles. The highest BCUT2D eigenvalue weighted by molar-refractivity contribution is 6.22. The summed E-state index contributed by atoms with van der Waals surface area (Å²) in [6.45, 7) is 4.57. The van der Waals surface area contributed by atoms with E-state index in [0.29, 0.717) is 42.6 Å². The molecule has 0 radical (unpaired) electrons. The number of piperidine rings is 1. The molecule has 31 heavy (non-hydrogen) atoms. The van der Waals surface area contributed by atoms with Crippen LogP contribution in [-0.2, 0) is 0 Å². The molecule has 1 N–H and O–H groups in total. The zero-order valence-corrected chi connectivity index (χ0v) is 17.5. The first-order chi connectivity index (χ1) is 14.9. The molecule has 1 aromatic carbocycles. The van der Waals surface area contributed by atoms with E-state index in [1.807, 2.05) is 0 Å². The van der Waals surface area contributed by atoms with E-state index < -0.39 is 0 Å². The van der Waals surface area contributed by atoms with Crippen LogP contribution in [0, 0.1) is 0 Å². The molecule has 0 aliphatic carbocycles. The highest BCUT2D eigenvalue weighted by atomic mass is 16.2. The van der Waals surface area contributed by atoms with Gasteiger partial charge < -0.3 is 10.2 Å². The summed E-state index contributed by atoms with van der Waals surface area (Å²) in [5, 5.41) is 3.00. The van der Waals surface area contributed by atoms with Crippen molar-refractivity contribution in [3.05, 3.63) is 65.0 Å². The molecule has 8 nitrogen and oxygen atoms in total. The molecule has 2 aliphatic rings. The predicted octanol–water partition coefficient (Wildman–Crippen LogP) is 2.12. The van der Waals surface area contributed by atoms with Gasteiger partial charge in [0, 0.05) is 48.7 Å². The Morgan fingerprint density at radius 3 is 2.26 bits per heavy atom. The van der Waals surface area contributed by atoms with Gasteiger partial charge in [-0.1, -0.05) is 0 Å². The molecule has 160 valence electrons. The maximum atomic E-state index is 13.0. The number of rotatable bonds is 4. The molecule has 2 aromatic rings. The van der Waals surface area contributed by atoms with Crippen molar-refractivity contribution in [1.29, 1.82) is 0 Å². The smallest absolute Gasteiger partial charge is 0.261 e. The minimum Gasteiger partial charge on any atom is -0.349 e. The Bertz CT molecular complexity index is 1040. The molecule has 1 fully saturated rings. The normalized spacial score (nSPS) is 16.6. The Morgan fingerprint density at radius 2 is 1.61 bits per heavy atom. The number of nitrogens with zero attached hydrogens (tertiary/aromatic N) is 3. The largest absolute Gasteiger partial charge is 0.349 e. The lowest BCUT2D eigenvalue weighted by atomic mass is 10.0. The number of nitrogens with one attached hydrogen (secondary N) is 1. The van der Waals surface area contributed by atoms with Gasteiger partial charge in [-0.2, -0.15) is 0 Å². The minimum atomic E-state index is -0.359. The first-order valence-corrected chi connectivity index (χ1v) is 10.4. The molecule has 0 saturated carbocycles. The van der Waals surface area contributed by atoms with Crippen LogP contribution in [0.4, 0.5) is 0 Å². The molecule has 8 heteroatoms. The van der Waals surface area contributed by atoms with Crippen LogP contribution in [0.2, 0.25) is 0 Å². The van der Waals surface area contributed by atoms with E-state index >= 15 is 0 Å². The van der Waals surface area contributed by atoms with Crippen LogP contribution >= 0.6 is 0 Å². The summed E-state index contributed by atoms with van der Waals surface area (Å²) in [6.07, 6.45) is 4.44. The number of fused-ring (bicyclic) bond motifs is 1. The summed E-state index contributed by atoms with van der Waals surface area (Å²) in [4.78, 5) is 57.2. The second-order valence-corrected chi connectivity index (χ2v) is 8.11. The maximum absolute atomic E-state index is 13.0. The second-order valence-electron chi connectivity index (χ2n) is 8.11. The Hall–Kier alpha value is -3.55. The molecule has 0 atom stereocenters. The molecular formula is C23H24N4O4. The Labute approximate surface area is 180 Å². The fourth-order valence-electron chi connectivity index (χ4n) is 4.04. The monoisotopic (exact) mass is 420 g/mol. The van der Waals surface area contributed by atoms with Gasteiger partial charge >= 0.3 is 0 Å². The molecule has 0 spiro atoms. The highest BCUT2D eigenvalue weighted by Crippen LogP contribution is 2.26. The Balaban J connectivity index is 1.39. The fraction of sp³-hybridized carbons (Fsp3) is 0.348. The zero-order valence-electron chi connectivity index (χ0n) is 17.5. The van der Waals surface area contributed by atoms with Gasteiger partial charge in [0.05, 0.1) is 11.1 Å². The van der Waals surface area contributed by atoms with Gasteiger partial charge in [0.25, 0.3) is 23.6 Å². The van der Waals surface area contributed by atoms with Crippen LogP contribution in [0.15, 0.2) is 42.7 Å². The van der Waals surface area contributed by atoms with Crippen LogP contribution in [-0.4, -0.2) is 63.6 Å². The second kappa shape index (κ2) is 8.29. The SMILES string of the molecule is CC(C)N1C(=O)c2ccc(C(=O)N3CCC(NC(=O)c4ccncc4)CC3)cc2C1=O. The third-order valence-corrected chi connectivity index (χ3v) is 5.74. The number of likely N-dealkylation sites (tertiary alicyclic amines) is 1. The van der Waals surface area contributed by atoms with Gasteiger partial charge in [-0.15, -0.1) is 0 Å². The summed E-state index contributed by atoms with van der Waals surface area (Å²) >= 11 is 0. The summed E-state index contributed by atoms with van der Waals surface area (Å²) in [6, 6.07) is 7.76. The molecule has 4 rings (SSSR count). The van der Waals surface area contributed by atoms with E-state index in [0.717, 1.165) is 0 Å². The average Bonchev–Trinajstić information content (AvgIpc) is 3.04. The van der Waals surface area contributed by atoms with Crippen LogP contribution in [0.25, 0.3) is 0 Å². The molecule has 0 bridgehead atoms. The van der Waals surface area contributed by atoms with Crippen molar-refractivity contribution in [3.8, 4) is 0 Å². The van der Waals surface area contributed by atoms with Crippen molar-refractivity contribution < 1.29 is 19.2 Å². The van der Waals surface area contributed by atoms with Crippen molar-refractivity contribution in [2.45, 2.75) is 38.8 Å². The van der Waals surface area contributed by atoms with E-state index in [4.69, 9.17) is 0 Å². The van der Waals surface area contributed by atoms with Crippen LogP contribution in [0.3, 0.4) is 0 Å². The third-order valence-electron chi connectivity index (χ3n) is 5.74. The highest BCUT2D eigenvalue weighted by Gasteiger charge is 2.38. The molecule has 4 amide bonds. The first-order valence-electron chi connectivity index (χ1n) is 10.4. The van der Waals surface area contributed by atoms with Gasteiger partial charge in [-0.25, -0.2) is 0 Å². The molecule has 0 unspecified atom stereocenters. The first kappa shape index (κ1) is 20.7. The number of hydrogen-bond acceptors (Lipinski definition) is 5. The van der Waals surface area contributed by atoms with Gasteiger partial charge in [0.15, 0.2) is 0 Å². The van der Waals surface area contributed by atoms with E-state index in [1.165, 1.54) is 11.0 Å². The number of pyridine rings is 1. The Kier molecular flexibility index (Phi) is 5.54. The Morgan fingerprint density at radius 1 is 0.968 bits per heavy atom. The van der Waals surface area contributed by atoms with E-state index in [2.05, 4.69) is 10.3 Å². The minimum absolute atomic E-state index is 0.0106. The lowest BCUT2D eigenvalue weighted by molar-refractivity contribution is 0.0607. The summed E-state index contributed by atoms with van der Waals surface area (Å²) < 4.78 is 0. The molecule has 1 aromatic heterocycles. The average molecular weight is 420 g/mol. The van der Waals surface area contributed by atoms with E-state index in [1.54, 1.807) is 55.4 Å². The summed E-state index contributed by atoms with van der Waals surface area (Å²) in [5.41, 5.74) is 1.57. The van der Waals surface area contributed by atoms with Crippen LogP contribution in [0.1, 0.15) is 68.1 Å². The molecule has 3 heterocycles. The predicted molar refractivity (Wildman–Crippen MR) is 113 cm³/mol. The number of amides is 4. The summed E-state index contributed by atoms with van der Waals surface area (Å²) in [7, 11) is 0. The van der Waals surface area contributed by atoms with E-state index in [-0.39, 0.29) is 41.3 Å². The number of hydrogen-bond donors (Lipinski definition) is 1. The molecular weight excluding hydrogens is 396 g/mol. The molecule has 1 saturated heterocycles. The van der Waals surface area contributed by atoms with Gasteiger partial charge in [-0.3, -0.25) is 29.1 Å². The van der Waals surface area contributed by atoms with Crippen molar-refractivity contribution in [3.63, 3.8) is 0 Å². The standard InChI is InChI=1S/C23H24N4O4/c1-14(2)27-22(30)18-4-3-16(13-19(18)23(27)31)21(29)26-11-7-17(8-12-26)25-20(28)15-5-9-24-10-6-15/h3-6,9-10,13-14,17H,7-8,11-12H2,1-2H3,(H,25,28). The van der Waals surface area contributed by atoms with Gasteiger partial charge in [0.2, 0.25) is 0 Å². The number of imide groups is 1. The zero-order chi connectivity index (χ0) is 22.1.